The number of ether oxygens (including phenoxy) is 1. The molecule has 1 amide bonds. The van der Waals surface area contributed by atoms with Crippen LogP contribution in [0.1, 0.15) is 6.92 Å². The van der Waals surface area contributed by atoms with Gasteiger partial charge in [-0.3, -0.25) is 5.32 Å². The Morgan fingerprint density at radius 1 is 1.33 bits per heavy atom. The molecule has 0 unspecified atom stereocenters. The van der Waals surface area contributed by atoms with Crippen molar-refractivity contribution in [1.82, 2.24) is 5.32 Å². The lowest BCUT2D eigenvalue weighted by molar-refractivity contribution is 0.162. The van der Waals surface area contributed by atoms with Crippen molar-refractivity contribution in [2.45, 2.75) is 6.92 Å². The molecule has 0 radical (unpaired) electrons. The fourth-order valence-corrected chi connectivity index (χ4v) is 1.07. The number of amides is 1. The van der Waals surface area contributed by atoms with Crippen molar-refractivity contribution < 1.29 is 9.53 Å². The highest BCUT2D eigenvalue weighted by atomic mass is 16.5. The van der Waals surface area contributed by atoms with Crippen LogP contribution in [0.4, 0.5) is 10.5 Å². The highest BCUT2D eigenvalue weighted by Crippen LogP contribution is 2.04. The van der Waals surface area contributed by atoms with E-state index in [1.807, 2.05) is 37.3 Å². The highest BCUT2D eigenvalue weighted by molar-refractivity contribution is 5.84. The molecule has 0 heterocycles. The first-order valence-electron chi connectivity index (χ1n) is 5.02. The lowest BCUT2D eigenvalue weighted by Gasteiger charge is -2.06. The summed E-state index contributed by atoms with van der Waals surface area (Å²) < 4.78 is 4.94. The monoisotopic (exact) mass is 208 g/mol. The molecule has 0 bridgehead atoms. The molecule has 4 nitrogen and oxygen atoms in total. The Labute approximate surface area is 89.6 Å². The van der Waals surface area contributed by atoms with Crippen LogP contribution >= 0.6 is 0 Å². The van der Waals surface area contributed by atoms with Gasteiger partial charge < -0.3 is 10.1 Å². The van der Waals surface area contributed by atoms with Gasteiger partial charge in [0, 0.05) is 12.2 Å². The molecule has 0 saturated carbocycles. The third-order valence-electron chi connectivity index (χ3n) is 1.78. The van der Waals surface area contributed by atoms with E-state index in [1.165, 1.54) is 0 Å². The number of carbonyl (C=O) groups is 1. The average molecular weight is 208 g/mol. The van der Waals surface area contributed by atoms with E-state index in [-0.39, 0.29) is 0 Å². The van der Waals surface area contributed by atoms with Gasteiger partial charge in [0.15, 0.2) is 0 Å². The number of hydrogen-bond donors (Lipinski definition) is 2. The number of anilines is 1. The lowest BCUT2D eigenvalue weighted by atomic mass is 10.3. The van der Waals surface area contributed by atoms with Crippen LogP contribution in [0.15, 0.2) is 30.3 Å². The van der Waals surface area contributed by atoms with Crippen molar-refractivity contribution in [1.29, 1.82) is 0 Å². The van der Waals surface area contributed by atoms with E-state index < -0.39 is 6.09 Å². The molecule has 0 saturated heterocycles. The van der Waals surface area contributed by atoms with Gasteiger partial charge in [-0.1, -0.05) is 25.1 Å². The second kappa shape index (κ2) is 6.84. The topological polar surface area (TPSA) is 50.4 Å². The fourth-order valence-electron chi connectivity index (χ4n) is 1.07. The van der Waals surface area contributed by atoms with Gasteiger partial charge in [0.1, 0.15) is 6.61 Å². The number of rotatable bonds is 5. The quantitative estimate of drug-likeness (QED) is 0.726. The van der Waals surface area contributed by atoms with Gasteiger partial charge in [0.25, 0.3) is 0 Å². The largest absolute Gasteiger partial charge is 0.448 e. The average Bonchev–Trinajstić information content (AvgIpc) is 2.26. The van der Waals surface area contributed by atoms with Crippen LogP contribution in [0.2, 0.25) is 0 Å². The number of carbonyl (C=O) groups excluding carboxylic acids is 1. The van der Waals surface area contributed by atoms with Crippen LogP contribution in [-0.4, -0.2) is 25.8 Å². The zero-order valence-electron chi connectivity index (χ0n) is 8.82. The molecule has 4 heteroatoms. The van der Waals surface area contributed by atoms with Crippen molar-refractivity contribution in [3.8, 4) is 0 Å². The van der Waals surface area contributed by atoms with Gasteiger partial charge in [-0.15, -0.1) is 0 Å². The zero-order valence-corrected chi connectivity index (χ0v) is 8.82. The van der Waals surface area contributed by atoms with E-state index >= 15 is 0 Å². The second-order valence-corrected chi connectivity index (χ2v) is 2.98. The third-order valence-corrected chi connectivity index (χ3v) is 1.78. The van der Waals surface area contributed by atoms with Crippen LogP contribution in [0.3, 0.4) is 0 Å². The number of benzene rings is 1. The first-order chi connectivity index (χ1) is 7.33. The van der Waals surface area contributed by atoms with Crippen molar-refractivity contribution in [3.63, 3.8) is 0 Å². The van der Waals surface area contributed by atoms with Crippen LogP contribution in [-0.2, 0) is 4.74 Å². The number of para-hydroxylation sites is 1. The SMILES string of the molecule is CCNCCOC(=O)Nc1ccccc1. The molecule has 0 aliphatic rings. The Bertz CT molecular complexity index is 288. The standard InChI is InChI=1S/C11H16N2O2/c1-2-12-8-9-15-11(14)13-10-6-4-3-5-7-10/h3-7,12H,2,8-9H2,1H3,(H,13,14). The molecule has 1 rings (SSSR count). The smallest absolute Gasteiger partial charge is 0.411 e. The highest BCUT2D eigenvalue weighted by Gasteiger charge is 2.00. The van der Waals surface area contributed by atoms with Gasteiger partial charge in [-0.05, 0) is 18.7 Å². The Morgan fingerprint density at radius 3 is 2.73 bits per heavy atom. The third kappa shape index (κ3) is 5.02. The Hall–Kier alpha value is -1.55. The van der Waals surface area contributed by atoms with Gasteiger partial charge in [-0.2, -0.15) is 0 Å². The molecule has 82 valence electrons. The maximum atomic E-state index is 11.2. The summed E-state index contributed by atoms with van der Waals surface area (Å²) in [7, 11) is 0. The minimum absolute atomic E-state index is 0.381. The van der Waals surface area contributed by atoms with Crippen LogP contribution in [0.25, 0.3) is 0 Å². The molecular formula is C11H16N2O2. The first kappa shape index (κ1) is 11.5. The summed E-state index contributed by atoms with van der Waals surface area (Å²) >= 11 is 0. The molecule has 1 aromatic rings. The number of likely N-dealkylation sites (N-methyl/N-ethyl adjacent to an activating group) is 1. The first-order valence-corrected chi connectivity index (χ1v) is 5.02. The molecule has 1 aromatic carbocycles. The van der Waals surface area contributed by atoms with E-state index in [2.05, 4.69) is 10.6 Å². The molecule has 2 N–H and O–H groups in total. The maximum Gasteiger partial charge on any atom is 0.411 e. The van der Waals surface area contributed by atoms with Gasteiger partial charge in [0.05, 0.1) is 0 Å². The number of nitrogens with one attached hydrogen (secondary N) is 2. The van der Waals surface area contributed by atoms with Crippen LogP contribution in [0, 0.1) is 0 Å². The van der Waals surface area contributed by atoms with E-state index in [9.17, 15) is 4.79 Å². The van der Waals surface area contributed by atoms with Gasteiger partial charge in [-0.25, -0.2) is 4.79 Å². The summed E-state index contributed by atoms with van der Waals surface area (Å²) in [6, 6.07) is 9.22. The van der Waals surface area contributed by atoms with Crippen molar-refractivity contribution in [2.75, 3.05) is 25.0 Å². The normalized spacial score (nSPS) is 9.67. The molecule has 0 atom stereocenters. The Balaban J connectivity index is 2.19. The Kier molecular flexibility index (Phi) is 5.25. The molecule has 15 heavy (non-hydrogen) atoms. The maximum absolute atomic E-state index is 11.2. The summed E-state index contributed by atoms with van der Waals surface area (Å²) in [4.78, 5) is 11.2. The predicted octanol–water partition coefficient (Wildman–Crippen LogP) is 1.84. The zero-order chi connectivity index (χ0) is 10.9. The molecular weight excluding hydrogens is 192 g/mol. The molecule has 0 aliphatic heterocycles. The summed E-state index contributed by atoms with van der Waals surface area (Å²) in [5, 5.41) is 5.69. The van der Waals surface area contributed by atoms with E-state index in [4.69, 9.17) is 4.74 Å². The van der Waals surface area contributed by atoms with Crippen LogP contribution in [0.5, 0.6) is 0 Å². The minimum Gasteiger partial charge on any atom is -0.448 e. The van der Waals surface area contributed by atoms with Crippen molar-refractivity contribution in [2.24, 2.45) is 0 Å². The van der Waals surface area contributed by atoms with Crippen molar-refractivity contribution in [3.05, 3.63) is 30.3 Å². The molecule has 0 spiro atoms. The summed E-state index contributed by atoms with van der Waals surface area (Å²) in [5.74, 6) is 0. The lowest BCUT2D eigenvalue weighted by Crippen LogP contribution is -2.23. The number of hydrogen-bond acceptors (Lipinski definition) is 3. The fraction of sp³-hybridized carbons (Fsp3) is 0.364. The van der Waals surface area contributed by atoms with E-state index in [0.29, 0.717) is 13.2 Å². The summed E-state index contributed by atoms with van der Waals surface area (Å²) in [5.41, 5.74) is 0.742. The van der Waals surface area contributed by atoms with E-state index in [1.54, 1.807) is 0 Å². The van der Waals surface area contributed by atoms with Crippen molar-refractivity contribution >= 4 is 11.8 Å². The second-order valence-electron chi connectivity index (χ2n) is 2.98. The van der Waals surface area contributed by atoms with Gasteiger partial charge in [0.2, 0.25) is 0 Å². The molecule has 0 aromatic heterocycles. The van der Waals surface area contributed by atoms with Gasteiger partial charge >= 0.3 is 6.09 Å². The van der Waals surface area contributed by atoms with E-state index in [0.717, 1.165) is 12.2 Å². The molecule has 0 aliphatic carbocycles. The molecule has 0 fully saturated rings. The summed E-state index contributed by atoms with van der Waals surface area (Å²) in [6.07, 6.45) is -0.417. The minimum atomic E-state index is -0.417. The Morgan fingerprint density at radius 2 is 2.07 bits per heavy atom. The van der Waals surface area contributed by atoms with Crippen LogP contribution < -0.4 is 10.6 Å². The summed E-state index contributed by atoms with van der Waals surface area (Å²) in [6.45, 7) is 3.94. The predicted molar refractivity (Wildman–Crippen MR) is 60.0 cm³/mol.